The number of aliphatic hydroxyl groups is 1. The monoisotopic (exact) mass is 314 g/mol. The van der Waals surface area contributed by atoms with Crippen molar-refractivity contribution >= 4 is 21.9 Å². The predicted molar refractivity (Wildman–Crippen MR) is 74.1 cm³/mol. The lowest BCUT2D eigenvalue weighted by molar-refractivity contribution is -0.152. The summed E-state index contributed by atoms with van der Waals surface area (Å²) in [6.45, 7) is 4.10. The molecule has 0 aliphatic heterocycles. The van der Waals surface area contributed by atoms with E-state index in [-0.39, 0.29) is 5.97 Å². The third-order valence-corrected chi connectivity index (χ3v) is 3.31. The van der Waals surface area contributed by atoms with Gasteiger partial charge in [-0.3, -0.25) is 4.79 Å². The SMILES string of the molecule is CCCC(C(=O)OCC)C(O)c1ccc(Br)cc1. The van der Waals surface area contributed by atoms with Crippen molar-refractivity contribution < 1.29 is 14.6 Å². The van der Waals surface area contributed by atoms with Crippen LogP contribution in [0.15, 0.2) is 28.7 Å². The number of hydrogen-bond donors (Lipinski definition) is 1. The highest BCUT2D eigenvalue weighted by molar-refractivity contribution is 9.10. The fourth-order valence-corrected chi connectivity index (χ4v) is 2.12. The topological polar surface area (TPSA) is 46.5 Å². The van der Waals surface area contributed by atoms with Crippen LogP contribution < -0.4 is 0 Å². The van der Waals surface area contributed by atoms with E-state index in [1.54, 1.807) is 6.92 Å². The lowest BCUT2D eigenvalue weighted by atomic mass is 9.92. The molecular formula is C14H19BrO3. The van der Waals surface area contributed by atoms with Crippen molar-refractivity contribution in [3.8, 4) is 0 Å². The quantitative estimate of drug-likeness (QED) is 0.818. The maximum Gasteiger partial charge on any atom is 0.311 e. The van der Waals surface area contributed by atoms with Gasteiger partial charge in [-0.1, -0.05) is 41.4 Å². The van der Waals surface area contributed by atoms with E-state index < -0.39 is 12.0 Å². The zero-order valence-electron chi connectivity index (χ0n) is 10.7. The van der Waals surface area contributed by atoms with Crippen LogP contribution in [0.1, 0.15) is 38.4 Å². The van der Waals surface area contributed by atoms with E-state index in [0.29, 0.717) is 13.0 Å². The van der Waals surface area contributed by atoms with Gasteiger partial charge in [0.25, 0.3) is 0 Å². The molecule has 2 unspecified atom stereocenters. The van der Waals surface area contributed by atoms with Gasteiger partial charge in [-0.05, 0) is 31.0 Å². The summed E-state index contributed by atoms with van der Waals surface area (Å²) in [4.78, 5) is 11.8. The Balaban J connectivity index is 2.84. The first-order valence-corrected chi connectivity index (χ1v) is 6.99. The Bertz CT molecular complexity index is 375. The van der Waals surface area contributed by atoms with Gasteiger partial charge in [-0.15, -0.1) is 0 Å². The zero-order valence-corrected chi connectivity index (χ0v) is 12.3. The summed E-state index contributed by atoms with van der Waals surface area (Å²) < 4.78 is 5.96. The predicted octanol–water partition coefficient (Wildman–Crippen LogP) is 3.46. The van der Waals surface area contributed by atoms with Crippen LogP contribution in [-0.2, 0) is 9.53 Å². The number of carbonyl (C=O) groups is 1. The Morgan fingerprint density at radius 2 is 1.94 bits per heavy atom. The molecule has 18 heavy (non-hydrogen) atoms. The number of halogens is 1. The van der Waals surface area contributed by atoms with Crippen molar-refractivity contribution in [3.63, 3.8) is 0 Å². The number of rotatable bonds is 6. The van der Waals surface area contributed by atoms with Crippen LogP contribution in [0, 0.1) is 5.92 Å². The maximum absolute atomic E-state index is 11.8. The number of esters is 1. The molecule has 0 amide bonds. The second kappa shape index (κ2) is 7.54. The van der Waals surface area contributed by atoms with E-state index in [9.17, 15) is 9.90 Å². The van der Waals surface area contributed by atoms with Crippen molar-refractivity contribution in [1.82, 2.24) is 0 Å². The molecule has 0 spiro atoms. The minimum absolute atomic E-state index is 0.324. The Hall–Kier alpha value is -0.870. The first-order chi connectivity index (χ1) is 8.60. The minimum atomic E-state index is -0.808. The van der Waals surface area contributed by atoms with Crippen LogP contribution in [-0.4, -0.2) is 17.7 Å². The Morgan fingerprint density at radius 3 is 2.44 bits per heavy atom. The van der Waals surface area contributed by atoms with Crippen LogP contribution >= 0.6 is 15.9 Å². The van der Waals surface area contributed by atoms with E-state index in [0.717, 1.165) is 16.5 Å². The van der Waals surface area contributed by atoms with Gasteiger partial charge in [-0.25, -0.2) is 0 Å². The molecule has 100 valence electrons. The molecule has 0 heterocycles. The van der Waals surface area contributed by atoms with Gasteiger partial charge < -0.3 is 9.84 Å². The second-order valence-corrected chi connectivity index (χ2v) is 5.06. The molecular weight excluding hydrogens is 296 g/mol. The summed E-state index contributed by atoms with van der Waals surface area (Å²) in [5.41, 5.74) is 0.740. The maximum atomic E-state index is 11.8. The van der Waals surface area contributed by atoms with Gasteiger partial charge in [0, 0.05) is 4.47 Å². The van der Waals surface area contributed by atoms with E-state index in [1.165, 1.54) is 0 Å². The molecule has 1 rings (SSSR count). The first-order valence-electron chi connectivity index (χ1n) is 6.20. The van der Waals surface area contributed by atoms with Crippen molar-refractivity contribution in [1.29, 1.82) is 0 Å². The smallest absolute Gasteiger partial charge is 0.311 e. The molecule has 0 aromatic heterocycles. The molecule has 0 bridgehead atoms. The second-order valence-electron chi connectivity index (χ2n) is 4.14. The molecule has 1 N–H and O–H groups in total. The van der Waals surface area contributed by atoms with Gasteiger partial charge in [-0.2, -0.15) is 0 Å². The van der Waals surface area contributed by atoms with E-state index >= 15 is 0 Å². The number of hydrogen-bond acceptors (Lipinski definition) is 3. The fraction of sp³-hybridized carbons (Fsp3) is 0.500. The van der Waals surface area contributed by atoms with Crippen molar-refractivity contribution in [2.75, 3.05) is 6.61 Å². The Labute approximate surface area is 116 Å². The summed E-state index contributed by atoms with van der Waals surface area (Å²) in [7, 11) is 0. The molecule has 2 atom stereocenters. The lowest BCUT2D eigenvalue weighted by Gasteiger charge is -2.21. The number of carbonyl (C=O) groups excluding carboxylic acids is 1. The highest BCUT2D eigenvalue weighted by atomic mass is 79.9. The van der Waals surface area contributed by atoms with E-state index in [4.69, 9.17) is 4.74 Å². The molecule has 0 aliphatic carbocycles. The van der Waals surface area contributed by atoms with Crippen molar-refractivity contribution in [3.05, 3.63) is 34.3 Å². The van der Waals surface area contributed by atoms with Crippen molar-refractivity contribution in [2.24, 2.45) is 5.92 Å². The third kappa shape index (κ3) is 4.10. The molecule has 0 saturated carbocycles. The van der Waals surface area contributed by atoms with Gasteiger partial charge in [0.1, 0.15) is 0 Å². The van der Waals surface area contributed by atoms with E-state index in [2.05, 4.69) is 15.9 Å². The molecule has 1 aromatic carbocycles. The van der Waals surface area contributed by atoms with Gasteiger partial charge >= 0.3 is 5.97 Å². The summed E-state index contributed by atoms with van der Waals surface area (Å²) in [5.74, 6) is -0.814. The van der Waals surface area contributed by atoms with Gasteiger partial charge in [0.15, 0.2) is 0 Å². The summed E-state index contributed by atoms with van der Waals surface area (Å²) in [5, 5.41) is 10.3. The van der Waals surface area contributed by atoms with Crippen LogP contribution in [0.25, 0.3) is 0 Å². The van der Waals surface area contributed by atoms with Crippen LogP contribution in [0.4, 0.5) is 0 Å². The lowest BCUT2D eigenvalue weighted by Crippen LogP contribution is -2.24. The molecule has 0 aliphatic rings. The third-order valence-electron chi connectivity index (χ3n) is 2.78. The summed E-state index contributed by atoms with van der Waals surface area (Å²) in [6.07, 6.45) is 0.643. The van der Waals surface area contributed by atoms with Gasteiger partial charge in [0.2, 0.25) is 0 Å². The molecule has 0 radical (unpaired) electrons. The Morgan fingerprint density at radius 1 is 1.33 bits per heavy atom. The molecule has 3 nitrogen and oxygen atoms in total. The minimum Gasteiger partial charge on any atom is -0.466 e. The fourth-order valence-electron chi connectivity index (χ4n) is 1.86. The van der Waals surface area contributed by atoms with Crippen LogP contribution in [0.2, 0.25) is 0 Å². The normalized spacial score (nSPS) is 14.0. The van der Waals surface area contributed by atoms with Gasteiger partial charge in [0.05, 0.1) is 18.6 Å². The number of ether oxygens (including phenoxy) is 1. The van der Waals surface area contributed by atoms with Crippen molar-refractivity contribution in [2.45, 2.75) is 32.8 Å². The standard InChI is InChI=1S/C14H19BrO3/c1-3-5-12(14(17)18-4-2)13(16)10-6-8-11(15)9-7-10/h6-9,12-13,16H,3-5H2,1-2H3. The van der Waals surface area contributed by atoms with E-state index in [1.807, 2.05) is 31.2 Å². The highest BCUT2D eigenvalue weighted by Crippen LogP contribution is 2.28. The molecule has 4 heteroatoms. The summed E-state index contributed by atoms with van der Waals surface area (Å²) >= 11 is 3.34. The number of benzene rings is 1. The first kappa shape index (κ1) is 15.2. The zero-order chi connectivity index (χ0) is 13.5. The summed E-state index contributed by atoms with van der Waals surface area (Å²) in [6, 6.07) is 7.34. The average Bonchev–Trinajstić information content (AvgIpc) is 2.36. The van der Waals surface area contributed by atoms with Crippen LogP contribution in [0.3, 0.4) is 0 Å². The molecule has 1 aromatic rings. The molecule has 0 saturated heterocycles. The average molecular weight is 315 g/mol. The largest absolute Gasteiger partial charge is 0.466 e. The highest BCUT2D eigenvalue weighted by Gasteiger charge is 2.28. The Kier molecular flexibility index (Phi) is 6.36. The molecule has 0 fully saturated rings. The number of aliphatic hydroxyl groups excluding tert-OH is 1. The van der Waals surface area contributed by atoms with Crippen LogP contribution in [0.5, 0.6) is 0 Å².